The molecule has 2 rings (SSSR count). The first-order valence-electron chi connectivity index (χ1n) is 4.01. The van der Waals surface area contributed by atoms with E-state index in [4.69, 9.17) is 0 Å². The van der Waals surface area contributed by atoms with E-state index >= 15 is 0 Å². The summed E-state index contributed by atoms with van der Waals surface area (Å²) < 4.78 is 0. The quantitative estimate of drug-likeness (QED) is 0.677. The van der Waals surface area contributed by atoms with Crippen molar-refractivity contribution in [1.29, 1.82) is 0 Å². The number of rotatable bonds is 2. The monoisotopic (exact) mass is 194 g/mol. The maximum absolute atomic E-state index is 2.22. The van der Waals surface area contributed by atoms with Crippen LogP contribution in [0.5, 0.6) is 0 Å². The van der Waals surface area contributed by atoms with Crippen molar-refractivity contribution in [3.8, 4) is 10.4 Å². The van der Waals surface area contributed by atoms with Gasteiger partial charge in [-0.15, -0.1) is 11.3 Å². The minimum absolute atomic E-state index is 1.15. The van der Waals surface area contributed by atoms with Gasteiger partial charge in [0.25, 0.3) is 0 Å². The standard InChI is InChI=1S/C10H10S2/c1-2-9-3-4-10(12-9)8-5-6-11-7-8/h3-7H,2H2,1H3. The third-order valence-electron chi connectivity index (χ3n) is 1.82. The first-order chi connectivity index (χ1) is 5.90. The molecular weight excluding hydrogens is 184 g/mol. The lowest BCUT2D eigenvalue weighted by molar-refractivity contribution is 1.19. The average molecular weight is 194 g/mol. The maximum atomic E-state index is 2.22. The van der Waals surface area contributed by atoms with Crippen LogP contribution in [-0.2, 0) is 6.42 Å². The van der Waals surface area contributed by atoms with Gasteiger partial charge in [-0.25, -0.2) is 0 Å². The Morgan fingerprint density at radius 3 is 2.75 bits per heavy atom. The second-order valence-electron chi connectivity index (χ2n) is 2.63. The van der Waals surface area contributed by atoms with Crippen molar-refractivity contribution < 1.29 is 0 Å². The van der Waals surface area contributed by atoms with E-state index in [2.05, 4.69) is 35.9 Å². The van der Waals surface area contributed by atoms with E-state index in [1.54, 1.807) is 11.3 Å². The van der Waals surface area contributed by atoms with Crippen LogP contribution in [0.4, 0.5) is 0 Å². The average Bonchev–Trinajstić information content (AvgIpc) is 2.75. The minimum atomic E-state index is 1.15. The molecule has 0 aliphatic carbocycles. The molecule has 0 saturated heterocycles. The van der Waals surface area contributed by atoms with Crippen LogP contribution >= 0.6 is 22.7 Å². The highest BCUT2D eigenvalue weighted by atomic mass is 32.1. The molecule has 0 bridgehead atoms. The lowest BCUT2D eigenvalue weighted by atomic mass is 10.3. The van der Waals surface area contributed by atoms with Crippen LogP contribution < -0.4 is 0 Å². The Balaban J connectivity index is 2.35. The van der Waals surface area contributed by atoms with E-state index < -0.39 is 0 Å². The molecule has 0 atom stereocenters. The predicted molar refractivity (Wildman–Crippen MR) is 57.0 cm³/mol. The molecule has 62 valence electrons. The molecule has 2 aromatic heterocycles. The SMILES string of the molecule is CCc1ccc(-c2ccsc2)s1. The van der Waals surface area contributed by atoms with Crippen LogP contribution in [0.15, 0.2) is 29.0 Å². The second kappa shape index (κ2) is 3.42. The molecule has 0 spiro atoms. The fourth-order valence-electron chi connectivity index (χ4n) is 1.13. The van der Waals surface area contributed by atoms with Gasteiger partial charge in [0.15, 0.2) is 0 Å². The van der Waals surface area contributed by atoms with E-state index in [9.17, 15) is 0 Å². The van der Waals surface area contributed by atoms with Crippen LogP contribution in [0.3, 0.4) is 0 Å². The van der Waals surface area contributed by atoms with E-state index in [0.717, 1.165) is 6.42 Å². The summed E-state index contributed by atoms with van der Waals surface area (Å²) in [7, 11) is 0. The van der Waals surface area contributed by atoms with Gasteiger partial charge in [-0.05, 0) is 35.4 Å². The zero-order valence-corrected chi connectivity index (χ0v) is 8.54. The molecule has 0 unspecified atom stereocenters. The molecule has 0 N–H and O–H groups in total. The van der Waals surface area contributed by atoms with Crippen molar-refractivity contribution >= 4 is 22.7 Å². The van der Waals surface area contributed by atoms with Gasteiger partial charge in [0, 0.05) is 15.3 Å². The largest absolute Gasteiger partial charge is 0.152 e. The van der Waals surface area contributed by atoms with Crippen molar-refractivity contribution in [2.24, 2.45) is 0 Å². The Morgan fingerprint density at radius 2 is 2.17 bits per heavy atom. The number of thiophene rings is 2. The Hall–Kier alpha value is -0.600. The number of aryl methyl sites for hydroxylation is 1. The summed E-state index contributed by atoms with van der Waals surface area (Å²) in [6.07, 6.45) is 1.15. The van der Waals surface area contributed by atoms with Gasteiger partial charge in [0.05, 0.1) is 0 Å². The van der Waals surface area contributed by atoms with Crippen molar-refractivity contribution in [2.45, 2.75) is 13.3 Å². The van der Waals surface area contributed by atoms with Crippen LogP contribution in [0.25, 0.3) is 10.4 Å². The van der Waals surface area contributed by atoms with Gasteiger partial charge >= 0.3 is 0 Å². The molecule has 2 heterocycles. The highest BCUT2D eigenvalue weighted by molar-refractivity contribution is 7.16. The van der Waals surface area contributed by atoms with Crippen molar-refractivity contribution in [3.63, 3.8) is 0 Å². The summed E-state index contributed by atoms with van der Waals surface area (Å²) in [5.41, 5.74) is 1.37. The molecule has 0 aliphatic rings. The third kappa shape index (κ3) is 1.45. The topological polar surface area (TPSA) is 0 Å². The Bertz CT molecular complexity index is 344. The zero-order chi connectivity index (χ0) is 8.39. The van der Waals surface area contributed by atoms with Crippen LogP contribution in [0.1, 0.15) is 11.8 Å². The summed E-state index contributed by atoms with van der Waals surface area (Å²) >= 11 is 3.66. The summed E-state index contributed by atoms with van der Waals surface area (Å²) in [6, 6.07) is 6.61. The molecule has 0 saturated carbocycles. The van der Waals surface area contributed by atoms with Gasteiger partial charge in [0.1, 0.15) is 0 Å². The molecular formula is C10H10S2. The van der Waals surface area contributed by atoms with Crippen LogP contribution in [0, 0.1) is 0 Å². The fraction of sp³-hybridized carbons (Fsp3) is 0.200. The van der Waals surface area contributed by atoms with Crippen molar-refractivity contribution in [1.82, 2.24) is 0 Å². The Kier molecular flexibility index (Phi) is 2.28. The van der Waals surface area contributed by atoms with E-state index in [1.165, 1.54) is 15.3 Å². The number of hydrogen-bond donors (Lipinski definition) is 0. The molecule has 2 heteroatoms. The number of hydrogen-bond acceptors (Lipinski definition) is 2. The summed E-state index contributed by atoms with van der Waals surface area (Å²) in [5, 5.41) is 4.33. The van der Waals surface area contributed by atoms with Crippen LogP contribution in [0.2, 0.25) is 0 Å². The highest BCUT2D eigenvalue weighted by Gasteiger charge is 2.00. The first kappa shape index (κ1) is 8.02. The fourth-order valence-corrected chi connectivity index (χ4v) is 2.80. The molecule has 0 nitrogen and oxygen atoms in total. The first-order valence-corrected chi connectivity index (χ1v) is 5.77. The molecule has 12 heavy (non-hydrogen) atoms. The summed E-state index contributed by atoms with van der Waals surface area (Å²) in [4.78, 5) is 2.87. The Labute approximate surface area is 80.5 Å². The van der Waals surface area contributed by atoms with Crippen LogP contribution in [-0.4, -0.2) is 0 Å². The van der Waals surface area contributed by atoms with Gasteiger partial charge in [-0.3, -0.25) is 0 Å². The molecule has 2 aromatic rings. The highest BCUT2D eigenvalue weighted by Crippen LogP contribution is 2.29. The zero-order valence-electron chi connectivity index (χ0n) is 6.91. The third-order valence-corrected chi connectivity index (χ3v) is 3.78. The van der Waals surface area contributed by atoms with Gasteiger partial charge < -0.3 is 0 Å². The normalized spacial score (nSPS) is 10.4. The van der Waals surface area contributed by atoms with Crippen molar-refractivity contribution in [3.05, 3.63) is 33.8 Å². The predicted octanol–water partition coefficient (Wildman–Crippen LogP) is 4.04. The lowest BCUT2D eigenvalue weighted by Crippen LogP contribution is -1.64. The molecule has 0 aromatic carbocycles. The van der Waals surface area contributed by atoms with Gasteiger partial charge in [0.2, 0.25) is 0 Å². The van der Waals surface area contributed by atoms with Crippen molar-refractivity contribution in [2.75, 3.05) is 0 Å². The second-order valence-corrected chi connectivity index (χ2v) is 4.58. The minimum Gasteiger partial charge on any atom is -0.152 e. The van der Waals surface area contributed by atoms with E-state index in [1.807, 2.05) is 11.3 Å². The molecule has 0 amide bonds. The maximum Gasteiger partial charge on any atom is 0.0353 e. The lowest BCUT2D eigenvalue weighted by Gasteiger charge is -1.88. The Morgan fingerprint density at radius 1 is 1.25 bits per heavy atom. The van der Waals surface area contributed by atoms with Gasteiger partial charge in [-0.2, -0.15) is 11.3 Å². The smallest absolute Gasteiger partial charge is 0.0353 e. The molecule has 0 aliphatic heterocycles. The summed E-state index contributed by atoms with van der Waals surface area (Å²) in [5.74, 6) is 0. The van der Waals surface area contributed by atoms with Gasteiger partial charge in [-0.1, -0.05) is 6.92 Å². The summed E-state index contributed by atoms with van der Waals surface area (Å²) in [6.45, 7) is 2.20. The van der Waals surface area contributed by atoms with E-state index in [0.29, 0.717) is 0 Å². The molecule has 0 fully saturated rings. The van der Waals surface area contributed by atoms with E-state index in [-0.39, 0.29) is 0 Å². The molecule has 0 radical (unpaired) electrons.